The molecule has 16 heavy (non-hydrogen) atoms. The van der Waals surface area contributed by atoms with E-state index in [2.05, 4.69) is 50.2 Å². The van der Waals surface area contributed by atoms with Gasteiger partial charge in [0.2, 0.25) is 0 Å². The third kappa shape index (κ3) is 2.42. The van der Waals surface area contributed by atoms with Gasteiger partial charge >= 0.3 is 0 Å². The van der Waals surface area contributed by atoms with E-state index >= 15 is 0 Å². The molecular weight excluding hydrogens is 354 g/mol. The van der Waals surface area contributed by atoms with Crippen LogP contribution in [0.5, 0.6) is 0 Å². The Hall–Kier alpha value is -0.100. The van der Waals surface area contributed by atoms with Gasteiger partial charge in [0.15, 0.2) is 4.67 Å². The molecule has 5 heteroatoms. The van der Waals surface area contributed by atoms with Crippen LogP contribution in [-0.2, 0) is 0 Å². The number of hydrogen-bond donors (Lipinski definition) is 1. The second-order valence-corrected chi connectivity index (χ2v) is 6.65. The Morgan fingerprint density at radius 1 is 1.38 bits per heavy atom. The monoisotopic (exact) mass is 363 g/mol. The van der Waals surface area contributed by atoms with E-state index in [0.29, 0.717) is 0 Å². The predicted octanol–water partition coefficient (Wildman–Crippen LogP) is 4.48. The molecule has 0 aliphatic rings. The van der Waals surface area contributed by atoms with Crippen LogP contribution in [-0.4, -0.2) is 7.05 Å². The molecule has 1 atom stereocenters. The first kappa shape index (κ1) is 12.4. The highest BCUT2D eigenvalue weighted by Gasteiger charge is 2.18. The molecule has 0 aliphatic carbocycles. The molecule has 2 nitrogen and oxygen atoms in total. The summed E-state index contributed by atoms with van der Waals surface area (Å²) < 4.78 is 7.52. The fourth-order valence-corrected chi connectivity index (χ4v) is 3.54. The Morgan fingerprint density at radius 3 is 2.56 bits per heavy atom. The molecule has 86 valence electrons. The third-order valence-electron chi connectivity index (χ3n) is 2.33. The number of thiophene rings is 1. The summed E-state index contributed by atoms with van der Waals surface area (Å²) in [7, 11) is 1.93. The number of furan rings is 1. The van der Waals surface area contributed by atoms with Crippen LogP contribution < -0.4 is 5.32 Å². The van der Waals surface area contributed by atoms with Crippen LogP contribution in [0.25, 0.3) is 0 Å². The molecule has 0 aromatic carbocycles. The van der Waals surface area contributed by atoms with Gasteiger partial charge in [0, 0.05) is 4.88 Å². The number of rotatable bonds is 3. The van der Waals surface area contributed by atoms with Crippen molar-refractivity contribution >= 4 is 43.2 Å². The second-order valence-electron chi connectivity index (χ2n) is 3.47. The number of hydrogen-bond acceptors (Lipinski definition) is 3. The Kier molecular flexibility index (Phi) is 3.89. The molecule has 0 saturated carbocycles. The molecule has 0 amide bonds. The van der Waals surface area contributed by atoms with Crippen LogP contribution in [0.3, 0.4) is 0 Å². The molecule has 0 saturated heterocycles. The van der Waals surface area contributed by atoms with Gasteiger partial charge in [0.05, 0.1) is 3.79 Å². The molecule has 0 aliphatic heterocycles. The van der Waals surface area contributed by atoms with Crippen LogP contribution in [0.1, 0.15) is 22.2 Å². The van der Waals surface area contributed by atoms with Gasteiger partial charge in [-0.15, -0.1) is 11.3 Å². The van der Waals surface area contributed by atoms with Gasteiger partial charge in [-0.3, -0.25) is 0 Å². The van der Waals surface area contributed by atoms with Crippen molar-refractivity contribution in [3.05, 3.63) is 42.9 Å². The summed E-state index contributed by atoms with van der Waals surface area (Å²) in [4.78, 5) is 1.24. The lowest BCUT2D eigenvalue weighted by Gasteiger charge is -2.10. The highest BCUT2D eigenvalue weighted by atomic mass is 79.9. The van der Waals surface area contributed by atoms with E-state index in [1.54, 1.807) is 11.3 Å². The van der Waals surface area contributed by atoms with Crippen molar-refractivity contribution in [1.82, 2.24) is 5.32 Å². The van der Waals surface area contributed by atoms with E-state index in [0.717, 1.165) is 10.4 Å². The zero-order valence-electron chi connectivity index (χ0n) is 8.88. The molecule has 0 bridgehead atoms. The molecule has 2 aromatic rings. The van der Waals surface area contributed by atoms with Crippen molar-refractivity contribution in [2.24, 2.45) is 0 Å². The first-order valence-electron chi connectivity index (χ1n) is 4.80. The highest BCUT2D eigenvalue weighted by Crippen LogP contribution is 2.35. The summed E-state index contributed by atoms with van der Waals surface area (Å²) in [5.41, 5.74) is 1.26. The van der Waals surface area contributed by atoms with Crippen LogP contribution in [0.4, 0.5) is 0 Å². The first-order valence-corrected chi connectivity index (χ1v) is 7.20. The van der Waals surface area contributed by atoms with Crippen LogP contribution in [0, 0.1) is 6.92 Å². The van der Waals surface area contributed by atoms with Crippen LogP contribution >= 0.6 is 43.2 Å². The standard InChI is InChI=1S/C11H11Br2NOS/c1-6-5-8(16-11(6)13)10(14-2)7-3-4-9(12)15-7/h3-5,10,14H,1-2H3. The Morgan fingerprint density at radius 2 is 2.12 bits per heavy atom. The molecule has 0 spiro atoms. The van der Waals surface area contributed by atoms with Crippen molar-refractivity contribution in [2.45, 2.75) is 13.0 Å². The van der Waals surface area contributed by atoms with E-state index in [-0.39, 0.29) is 6.04 Å². The minimum atomic E-state index is 0.112. The summed E-state index contributed by atoms with van der Waals surface area (Å²) in [6.45, 7) is 2.09. The van der Waals surface area contributed by atoms with E-state index in [9.17, 15) is 0 Å². The molecule has 1 N–H and O–H groups in total. The topological polar surface area (TPSA) is 25.2 Å². The van der Waals surface area contributed by atoms with Crippen molar-refractivity contribution in [2.75, 3.05) is 7.05 Å². The van der Waals surface area contributed by atoms with Gasteiger partial charge < -0.3 is 9.73 Å². The average molecular weight is 365 g/mol. The van der Waals surface area contributed by atoms with Crippen molar-refractivity contribution in [3.63, 3.8) is 0 Å². The highest BCUT2D eigenvalue weighted by molar-refractivity contribution is 9.11. The van der Waals surface area contributed by atoms with Gasteiger partial charge in [0.25, 0.3) is 0 Å². The molecule has 2 aromatic heterocycles. The van der Waals surface area contributed by atoms with E-state index in [1.807, 2.05) is 19.2 Å². The molecule has 2 rings (SSSR count). The molecule has 0 fully saturated rings. The smallest absolute Gasteiger partial charge is 0.169 e. The van der Waals surface area contributed by atoms with Crippen molar-refractivity contribution in [1.29, 1.82) is 0 Å². The van der Waals surface area contributed by atoms with Crippen LogP contribution in [0.15, 0.2) is 31.1 Å². The first-order chi connectivity index (χ1) is 7.61. The number of nitrogens with one attached hydrogen (secondary N) is 1. The SMILES string of the molecule is CNC(c1ccc(Br)o1)c1cc(C)c(Br)s1. The summed E-state index contributed by atoms with van der Waals surface area (Å²) in [5, 5.41) is 3.26. The quantitative estimate of drug-likeness (QED) is 0.868. The summed E-state index contributed by atoms with van der Waals surface area (Å²) >= 11 is 8.59. The maximum Gasteiger partial charge on any atom is 0.169 e. The summed E-state index contributed by atoms with van der Waals surface area (Å²) in [6, 6.07) is 6.18. The summed E-state index contributed by atoms with van der Waals surface area (Å²) in [5.74, 6) is 0.920. The molecular formula is C11H11Br2NOS. The molecule has 0 radical (unpaired) electrons. The van der Waals surface area contributed by atoms with Gasteiger partial charge in [-0.05, 0) is 69.6 Å². The Labute approximate surface area is 115 Å². The van der Waals surface area contributed by atoms with Crippen molar-refractivity contribution in [3.8, 4) is 0 Å². The predicted molar refractivity (Wildman–Crippen MR) is 74.1 cm³/mol. The Bertz CT molecular complexity index is 472. The largest absolute Gasteiger partial charge is 0.452 e. The third-order valence-corrected chi connectivity index (χ3v) is 4.96. The minimum Gasteiger partial charge on any atom is -0.452 e. The van der Waals surface area contributed by atoms with Crippen molar-refractivity contribution < 1.29 is 4.42 Å². The summed E-state index contributed by atoms with van der Waals surface area (Å²) in [6.07, 6.45) is 0. The zero-order chi connectivity index (χ0) is 11.7. The van der Waals surface area contributed by atoms with Gasteiger partial charge in [0.1, 0.15) is 11.8 Å². The van der Waals surface area contributed by atoms with Gasteiger partial charge in [-0.25, -0.2) is 0 Å². The molecule has 2 heterocycles. The lowest BCUT2D eigenvalue weighted by molar-refractivity contribution is 0.449. The fraction of sp³-hybridized carbons (Fsp3) is 0.273. The minimum absolute atomic E-state index is 0.112. The Balaban J connectivity index is 2.36. The lowest BCUT2D eigenvalue weighted by atomic mass is 10.2. The average Bonchev–Trinajstić information content (AvgIpc) is 2.77. The number of aryl methyl sites for hydroxylation is 1. The zero-order valence-corrected chi connectivity index (χ0v) is 12.9. The van der Waals surface area contributed by atoms with E-state index < -0.39 is 0 Å². The normalized spacial score (nSPS) is 13.0. The van der Waals surface area contributed by atoms with Gasteiger partial charge in [-0.1, -0.05) is 0 Å². The second kappa shape index (κ2) is 5.04. The molecule has 1 unspecified atom stereocenters. The fourth-order valence-electron chi connectivity index (χ4n) is 1.53. The number of halogens is 2. The van der Waals surface area contributed by atoms with E-state index in [4.69, 9.17) is 4.42 Å². The van der Waals surface area contributed by atoms with Gasteiger partial charge in [-0.2, -0.15) is 0 Å². The van der Waals surface area contributed by atoms with E-state index in [1.165, 1.54) is 14.2 Å². The lowest BCUT2D eigenvalue weighted by Crippen LogP contribution is -2.15. The maximum absolute atomic E-state index is 5.59. The maximum atomic E-state index is 5.59. The van der Waals surface area contributed by atoms with Crippen LogP contribution in [0.2, 0.25) is 0 Å².